The molecule has 5 aromatic rings. The van der Waals surface area contributed by atoms with Crippen molar-refractivity contribution in [2.24, 2.45) is 5.10 Å². The second kappa shape index (κ2) is 8.16. The Hall–Kier alpha value is -3.77. The highest BCUT2D eigenvalue weighted by Gasteiger charge is 2.10. The SMILES string of the molecule is Oc1c(/C=N\Nc2nc(-c3ccccc3)c3cc(Br)ccc3n2)ccc2ccccc12. The number of hydrogen-bond acceptors (Lipinski definition) is 5. The number of nitrogens with one attached hydrogen (secondary N) is 1. The van der Waals surface area contributed by atoms with Crippen molar-refractivity contribution in [3.8, 4) is 17.0 Å². The first-order valence-electron chi connectivity index (χ1n) is 9.71. The van der Waals surface area contributed by atoms with Crippen LogP contribution in [0.3, 0.4) is 0 Å². The van der Waals surface area contributed by atoms with Gasteiger partial charge in [0.25, 0.3) is 0 Å². The summed E-state index contributed by atoms with van der Waals surface area (Å²) in [5, 5.41) is 17.5. The largest absolute Gasteiger partial charge is 0.507 e. The summed E-state index contributed by atoms with van der Waals surface area (Å²) in [7, 11) is 0. The average Bonchev–Trinajstić information content (AvgIpc) is 2.81. The molecule has 0 amide bonds. The first-order valence-corrected chi connectivity index (χ1v) is 10.5. The maximum Gasteiger partial charge on any atom is 0.244 e. The fourth-order valence-corrected chi connectivity index (χ4v) is 3.86. The van der Waals surface area contributed by atoms with Crippen LogP contribution in [-0.2, 0) is 0 Å². The van der Waals surface area contributed by atoms with E-state index in [0.29, 0.717) is 11.5 Å². The lowest BCUT2D eigenvalue weighted by Gasteiger charge is -2.09. The number of aromatic hydroxyl groups is 1. The monoisotopic (exact) mass is 468 g/mol. The molecule has 0 saturated heterocycles. The van der Waals surface area contributed by atoms with Gasteiger partial charge in [-0.3, -0.25) is 0 Å². The Labute approximate surface area is 187 Å². The van der Waals surface area contributed by atoms with Crippen molar-refractivity contribution >= 4 is 49.8 Å². The van der Waals surface area contributed by atoms with E-state index in [-0.39, 0.29) is 5.75 Å². The van der Waals surface area contributed by atoms with Crippen LogP contribution in [0.2, 0.25) is 0 Å². The van der Waals surface area contributed by atoms with E-state index < -0.39 is 0 Å². The quantitative estimate of drug-likeness (QED) is 0.237. The van der Waals surface area contributed by atoms with Crippen LogP contribution in [-0.4, -0.2) is 21.3 Å². The molecule has 0 spiro atoms. The van der Waals surface area contributed by atoms with Crippen molar-refractivity contribution in [3.63, 3.8) is 0 Å². The summed E-state index contributed by atoms with van der Waals surface area (Å²) < 4.78 is 0.964. The van der Waals surface area contributed by atoms with Gasteiger partial charge in [-0.05, 0) is 29.7 Å². The van der Waals surface area contributed by atoms with Crippen molar-refractivity contribution in [1.29, 1.82) is 0 Å². The maximum absolute atomic E-state index is 10.6. The second-order valence-corrected chi connectivity index (χ2v) is 7.93. The predicted octanol–water partition coefficient (Wildman–Crippen LogP) is 6.36. The lowest BCUT2D eigenvalue weighted by atomic mass is 10.1. The summed E-state index contributed by atoms with van der Waals surface area (Å²) in [6.07, 6.45) is 1.57. The third kappa shape index (κ3) is 3.85. The molecule has 4 aromatic carbocycles. The molecule has 0 radical (unpaired) electrons. The fourth-order valence-electron chi connectivity index (χ4n) is 3.50. The molecule has 31 heavy (non-hydrogen) atoms. The van der Waals surface area contributed by atoms with Crippen molar-refractivity contribution in [3.05, 3.63) is 95.0 Å². The number of nitrogens with zero attached hydrogens (tertiary/aromatic N) is 3. The number of rotatable bonds is 4. The molecule has 1 heterocycles. The van der Waals surface area contributed by atoms with Crippen LogP contribution in [0.25, 0.3) is 32.9 Å². The van der Waals surface area contributed by atoms with Gasteiger partial charge in [0, 0.05) is 26.4 Å². The van der Waals surface area contributed by atoms with Gasteiger partial charge < -0.3 is 5.11 Å². The molecule has 0 aliphatic rings. The molecule has 0 unspecified atom stereocenters. The lowest BCUT2D eigenvalue weighted by molar-refractivity contribution is 0.481. The summed E-state index contributed by atoms with van der Waals surface area (Å²) in [6, 6.07) is 27.3. The van der Waals surface area contributed by atoms with E-state index in [1.807, 2.05) is 84.9 Å². The molecule has 2 N–H and O–H groups in total. The van der Waals surface area contributed by atoms with Crippen LogP contribution >= 0.6 is 15.9 Å². The van der Waals surface area contributed by atoms with Crippen molar-refractivity contribution in [2.75, 3.05) is 5.43 Å². The lowest BCUT2D eigenvalue weighted by Crippen LogP contribution is -2.00. The van der Waals surface area contributed by atoms with Crippen molar-refractivity contribution < 1.29 is 5.11 Å². The summed E-state index contributed by atoms with van der Waals surface area (Å²) in [6.45, 7) is 0. The molecule has 0 aliphatic heterocycles. The van der Waals surface area contributed by atoms with E-state index in [9.17, 15) is 5.11 Å². The third-order valence-corrected chi connectivity index (χ3v) is 5.50. The number of halogens is 1. The topological polar surface area (TPSA) is 70.4 Å². The van der Waals surface area contributed by atoms with Gasteiger partial charge in [-0.1, -0.05) is 76.6 Å². The first kappa shape index (κ1) is 19.2. The zero-order valence-corrected chi connectivity index (χ0v) is 17.9. The molecular formula is C25H17BrN4O. The van der Waals surface area contributed by atoms with Gasteiger partial charge >= 0.3 is 0 Å². The Morgan fingerprint density at radius 2 is 1.65 bits per heavy atom. The predicted molar refractivity (Wildman–Crippen MR) is 130 cm³/mol. The van der Waals surface area contributed by atoms with Crippen molar-refractivity contribution in [2.45, 2.75) is 0 Å². The molecule has 0 atom stereocenters. The van der Waals surface area contributed by atoms with Crippen LogP contribution in [0.15, 0.2) is 94.5 Å². The first-order chi connectivity index (χ1) is 15.2. The third-order valence-electron chi connectivity index (χ3n) is 5.00. The van der Waals surface area contributed by atoms with Crippen LogP contribution in [0.5, 0.6) is 5.75 Å². The zero-order valence-electron chi connectivity index (χ0n) is 16.3. The van der Waals surface area contributed by atoms with Crippen molar-refractivity contribution in [1.82, 2.24) is 9.97 Å². The zero-order chi connectivity index (χ0) is 21.2. The smallest absolute Gasteiger partial charge is 0.244 e. The van der Waals surface area contributed by atoms with E-state index in [1.165, 1.54) is 0 Å². The second-order valence-electron chi connectivity index (χ2n) is 7.02. The number of phenolic OH excluding ortho intramolecular Hbond substituents is 1. The van der Waals surface area contributed by atoms with Crippen LogP contribution < -0.4 is 5.43 Å². The summed E-state index contributed by atoms with van der Waals surface area (Å²) in [4.78, 5) is 9.28. The Morgan fingerprint density at radius 3 is 2.52 bits per heavy atom. The summed E-state index contributed by atoms with van der Waals surface area (Å²) in [5.41, 5.74) is 6.14. The van der Waals surface area contributed by atoms with Gasteiger partial charge in [0.2, 0.25) is 5.95 Å². The highest BCUT2D eigenvalue weighted by atomic mass is 79.9. The summed E-state index contributed by atoms with van der Waals surface area (Å²) in [5.74, 6) is 0.572. The van der Waals surface area contributed by atoms with E-state index >= 15 is 0 Å². The van der Waals surface area contributed by atoms with Crippen LogP contribution in [0.1, 0.15) is 5.56 Å². The van der Waals surface area contributed by atoms with E-state index in [1.54, 1.807) is 6.21 Å². The van der Waals surface area contributed by atoms with E-state index in [2.05, 4.69) is 31.4 Å². The Kier molecular flexibility index (Phi) is 5.06. The number of fused-ring (bicyclic) bond motifs is 2. The van der Waals surface area contributed by atoms with Gasteiger partial charge in [-0.25, -0.2) is 15.4 Å². The Balaban J connectivity index is 1.51. The Bertz CT molecular complexity index is 1430. The molecule has 0 aliphatic carbocycles. The minimum atomic E-state index is 0.193. The maximum atomic E-state index is 10.6. The number of anilines is 1. The molecule has 150 valence electrons. The fraction of sp³-hybridized carbons (Fsp3) is 0. The van der Waals surface area contributed by atoms with Gasteiger partial charge in [0.15, 0.2) is 0 Å². The molecule has 0 saturated carbocycles. The van der Waals surface area contributed by atoms with Crippen LogP contribution in [0, 0.1) is 0 Å². The van der Waals surface area contributed by atoms with Gasteiger partial charge in [0.1, 0.15) is 5.75 Å². The number of hydrazone groups is 1. The van der Waals surface area contributed by atoms with Crippen LogP contribution in [0.4, 0.5) is 5.95 Å². The molecule has 0 bridgehead atoms. The van der Waals surface area contributed by atoms with E-state index in [4.69, 9.17) is 4.98 Å². The van der Waals surface area contributed by atoms with Gasteiger partial charge in [-0.15, -0.1) is 0 Å². The Morgan fingerprint density at radius 1 is 0.839 bits per heavy atom. The standard InChI is InChI=1S/C25H17BrN4O/c26-19-12-13-22-21(14-19)23(17-7-2-1-3-8-17)29-25(28-22)30-27-15-18-11-10-16-6-4-5-9-20(16)24(18)31/h1-15,31H,(H,28,29,30)/b27-15-. The molecule has 6 heteroatoms. The highest BCUT2D eigenvalue weighted by Crippen LogP contribution is 2.30. The van der Waals surface area contributed by atoms with Gasteiger partial charge in [-0.2, -0.15) is 5.10 Å². The molecule has 1 aromatic heterocycles. The van der Waals surface area contributed by atoms with Gasteiger partial charge in [0.05, 0.1) is 17.4 Å². The normalized spacial score (nSPS) is 11.4. The minimum absolute atomic E-state index is 0.193. The molecule has 5 nitrogen and oxygen atoms in total. The molecular weight excluding hydrogens is 452 g/mol. The number of hydrogen-bond donors (Lipinski definition) is 2. The average molecular weight is 469 g/mol. The summed E-state index contributed by atoms with van der Waals surface area (Å²) >= 11 is 3.53. The number of benzene rings is 4. The number of phenols is 1. The minimum Gasteiger partial charge on any atom is -0.507 e. The molecule has 5 rings (SSSR count). The number of aromatic nitrogens is 2. The molecule has 0 fully saturated rings. The van der Waals surface area contributed by atoms with E-state index in [0.717, 1.165) is 37.4 Å². The highest BCUT2D eigenvalue weighted by molar-refractivity contribution is 9.10.